The van der Waals surface area contributed by atoms with E-state index in [0.717, 1.165) is 18.4 Å². The number of rotatable bonds is 7. The van der Waals surface area contributed by atoms with Crippen molar-refractivity contribution in [2.24, 2.45) is 0 Å². The van der Waals surface area contributed by atoms with Gasteiger partial charge in [-0.1, -0.05) is 12.1 Å². The van der Waals surface area contributed by atoms with Crippen molar-refractivity contribution in [3.8, 4) is 28.7 Å². The fraction of sp³-hybridized carbons (Fsp3) is 0.290. The molecule has 212 valence electrons. The van der Waals surface area contributed by atoms with Gasteiger partial charge in [-0.2, -0.15) is 0 Å². The number of hydrogen-bond acceptors (Lipinski definition) is 7. The molecule has 0 saturated carbocycles. The zero-order valence-corrected chi connectivity index (χ0v) is 22.5. The van der Waals surface area contributed by atoms with E-state index >= 15 is 0 Å². The summed E-state index contributed by atoms with van der Waals surface area (Å²) in [5.74, 6) is 2.50. The molecule has 2 aliphatic rings. The number of halogens is 1. The van der Waals surface area contributed by atoms with Crippen molar-refractivity contribution in [1.82, 2.24) is 10.3 Å². The third-order valence-electron chi connectivity index (χ3n) is 6.96. The van der Waals surface area contributed by atoms with Gasteiger partial charge in [0.2, 0.25) is 5.75 Å². The van der Waals surface area contributed by atoms with Crippen molar-refractivity contribution in [3.05, 3.63) is 78.2 Å². The van der Waals surface area contributed by atoms with Crippen LogP contribution in [-0.4, -0.2) is 43.5 Å². The summed E-state index contributed by atoms with van der Waals surface area (Å²) in [6.07, 6.45) is 3.33. The third kappa shape index (κ3) is 6.12. The Kier molecular flexibility index (Phi) is 7.73. The van der Waals surface area contributed by atoms with E-state index in [4.69, 9.17) is 23.7 Å². The molecule has 6 rings (SSSR count). The van der Waals surface area contributed by atoms with E-state index in [1.807, 2.05) is 13.0 Å². The first-order valence-electron chi connectivity index (χ1n) is 13.6. The number of pyridine rings is 1. The van der Waals surface area contributed by atoms with Gasteiger partial charge in [-0.3, -0.25) is 4.98 Å². The zero-order valence-electron chi connectivity index (χ0n) is 22.5. The number of nitrogens with zero attached hydrogens (tertiary/aromatic N) is 1. The number of ether oxygens (including phenoxy) is 5. The average molecular weight is 560 g/mol. The van der Waals surface area contributed by atoms with Gasteiger partial charge in [0.15, 0.2) is 11.5 Å². The molecule has 10 heteroatoms. The monoisotopic (exact) mass is 559 g/mol. The molecule has 0 aliphatic carbocycles. The fourth-order valence-corrected chi connectivity index (χ4v) is 4.85. The highest BCUT2D eigenvalue weighted by atomic mass is 19.1. The molecule has 0 bridgehead atoms. The lowest BCUT2D eigenvalue weighted by Crippen LogP contribution is -2.31. The first-order chi connectivity index (χ1) is 20.0. The highest BCUT2D eigenvalue weighted by molar-refractivity contribution is 5.95. The molecule has 1 aromatic heterocycles. The molecule has 3 heterocycles. The number of hydrogen-bond donors (Lipinski definition) is 2. The summed E-state index contributed by atoms with van der Waals surface area (Å²) < 4.78 is 43.2. The van der Waals surface area contributed by atoms with Crippen LogP contribution >= 0.6 is 0 Å². The summed E-state index contributed by atoms with van der Waals surface area (Å²) in [4.78, 5) is 17.0. The van der Waals surface area contributed by atoms with Crippen molar-refractivity contribution < 1.29 is 32.9 Å². The van der Waals surface area contributed by atoms with Gasteiger partial charge in [-0.15, -0.1) is 0 Å². The molecule has 0 unspecified atom stereocenters. The van der Waals surface area contributed by atoms with Crippen LogP contribution in [0.3, 0.4) is 0 Å². The van der Waals surface area contributed by atoms with E-state index in [2.05, 4.69) is 15.6 Å². The van der Waals surface area contributed by atoms with Gasteiger partial charge in [0.25, 0.3) is 0 Å². The van der Waals surface area contributed by atoms with Crippen LogP contribution in [0.5, 0.6) is 28.7 Å². The second-order valence-electron chi connectivity index (χ2n) is 9.86. The Bertz CT molecular complexity index is 1520. The van der Waals surface area contributed by atoms with Crippen molar-refractivity contribution in [3.63, 3.8) is 0 Å². The summed E-state index contributed by atoms with van der Waals surface area (Å²) in [6, 6.07) is 16.0. The smallest absolute Gasteiger partial charge is 0.319 e. The first kappa shape index (κ1) is 26.6. The molecule has 41 heavy (non-hydrogen) atoms. The summed E-state index contributed by atoms with van der Waals surface area (Å²) >= 11 is 0. The van der Waals surface area contributed by atoms with E-state index in [0.29, 0.717) is 71.8 Å². The molecule has 2 amide bonds. The number of aromatic nitrogens is 1. The van der Waals surface area contributed by atoms with E-state index in [1.165, 1.54) is 12.1 Å². The molecular formula is C31H30FN3O6. The summed E-state index contributed by atoms with van der Waals surface area (Å²) in [5, 5.41) is 6.34. The average Bonchev–Trinajstić information content (AvgIpc) is 2.99. The molecule has 0 radical (unpaired) electrons. The maximum atomic E-state index is 13.2. The van der Waals surface area contributed by atoms with Gasteiger partial charge in [0, 0.05) is 30.8 Å². The quantitative estimate of drug-likeness (QED) is 0.271. The molecule has 2 N–H and O–H groups in total. The second-order valence-corrected chi connectivity index (χ2v) is 9.86. The number of anilines is 1. The van der Waals surface area contributed by atoms with E-state index < -0.39 is 0 Å². The molecule has 0 spiro atoms. The molecule has 1 atom stereocenters. The van der Waals surface area contributed by atoms with Gasteiger partial charge in [0.05, 0.1) is 30.2 Å². The highest BCUT2D eigenvalue weighted by Gasteiger charge is 2.27. The topological polar surface area (TPSA) is 100 Å². The first-order valence-corrected chi connectivity index (χ1v) is 13.6. The van der Waals surface area contributed by atoms with Crippen LogP contribution in [0.4, 0.5) is 14.9 Å². The second kappa shape index (κ2) is 11.9. The number of urea groups is 1. The molecule has 2 aliphatic heterocycles. The van der Waals surface area contributed by atoms with E-state index in [-0.39, 0.29) is 24.0 Å². The van der Waals surface area contributed by atoms with Gasteiger partial charge in [-0.05, 0) is 55.0 Å². The number of carbonyl (C=O) groups is 1. The normalized spacial score (nSPS) is 15.7. The zero-order chi connectivity index (χ0) is 28.2. The molecule has 1 fully saturated rings. The fourth-order valence-electron chi connectivity index (χ4n) is 4.85. The van der Waals surface area contributed by atoms with Gasteiger partial charge < -0.3 is 34.3 Å². The molecule has 3 aromatic carbocycles. The van der Waals surface area contributed by atoms with Crippen LogP contribution in [0.15, 0.2) is 66.9 Å². The number of carbonyl (C=O) groups excluding carboxylic acids is 1. The van der Waals surface area contributed by atoms with Crippen LogP contribution in [0, 0.1) is 5.82 Å². The maximum Gasteiger partial charge on any atom is 0.319 e. The van der Waals surface area contributed by atoms with Crippen molar-refractivity contribution in [1.29, 1.82) is 0 Å². The number of benzene rings is 3. The Hall–Kier alpha value is -4.57. The van der Waals surface area contributed by atoms with Gasteiger partial charge in [0.1, 0.15) is 36.6 Å². The number of nitrogens with one attached hydrogen (secondary N) is 2. The minimum absolute atomic E-state index is 0.0376. The van der Waals surface area contributed by atoms with Crippen LogP contribution in [-0.2, 0) is 4.74 Å². The van der Waals surface area contributed by atoms with E-state index in [1.54, 1.807) is 48.7 Å². The third-order valence-corrected chi connectivity index (χ3v) is 6.96. The summed E-state index contributed by atoms with van der Waals surface area (Å²) in [6.45, 7) is 3.99. The predicted molar refractivity (Wildman–Crippen MR) is 151 cm³/mol. The molecule has 1 saturated heterocycles. The highest BCUT2D eigenvalue weighted by Crippen LogP contribution is 2.49. The molecular weight excluding hydrogens is 529 g/mol. The van der Waals surface area contributed by atoms with Crippen LogP contribution in [0.2, 0.25) is 0 Å². The van der Waals surface area contributed by atoms with Gasteiger partial charge in [-0.25, -0.2) is 9.18 Å². The summed E-state index contributed by atoms with van der Waals surface area (Å²) in [7, 11) is 0. The molecule has 4 aromatic rings. The lowest BCUT2D eigenvalue weighted by atomic mass is 10.1. The largest absolute Gasteiger partial charge is 0.486 e. The maximum absolute atomic E-state index is 13.2. The predicted octanol–water partition coefficient (Wildman–Crippen LogP) is 6.38. The minimum Gasteiger partial charge on any atom is -0.486 e. The van der Waals surface area contributed by atoms with Crippen LogP contribution < -0.4 is 29.6 Å². The lowest BCUT2D eigenvalue weighted by molar-refractivity contribution is 0.0234. The Labute approximate surface area is 236 Å². The number of fused-ring (bicyclic) bond motifs is 3. The van der Waals surface area contributed by atoms with Gasteiger partial charge >= 0.3 is 6.03 Å². The van der Waals surface area contributed by atoms with Crippen LogP contribution in [0.1, 0.15) is 31.4 Å². The number of amides is 2. The standard InChI is InChI=1S/C31H30FN3O6/c1-19(20-2-4-21(32)5-3-20)34-31(36)35-22-6-8-23(9-7-22)40-26-10-13-33-25-18-27(41-24-11-14-37-15-12-24)29-30(28(25)26)39-17-16-38-29/h2-10,13,18-19,24H,11-12,14-17H2,1H3,(H2,34,35,36)/t19-/m1/s1. The minimum atomic E-state index is -0.377. The SMILES string of the molecule is C[C@@H](NC(=O)Nc1ccc(Oc2ccnc3cc(OC4CCOCC4)c4c(c23)OCCO4)cc1)c1ccc(F)cc1. The van der Waals surface area contributed by atoms with Crippen molar-refractivity contribution >= 4 is 22.6 Å². The Morgan fingerprint density at radius 1 is 0.951 bits per heavy atom. The van der Waals surface area contributed by atoms with Crippen molar-refractivity contribution in [2.75, 3.05) is 31.7 Å². The van der Waals surface area contributed by atoms with Crippen molar-refractivity contribution in [2.45, 2.75) is 31.9 Å². The Balaban J connectivity index is 1.17. The van der Waals surface area contributed by atoms with Crippen LogP contribution in [0.25, 0.3) is 10.9 Å². The Morgan fingerprint density at radius 3 is 2.44 bits per heavy atom. The molecule has 9 nitrogen and oxygen atoms in total. The summed E-state index contributed by atoms with van der Waals surface area (Å²) in [5.41, 5.74) is 2.05. The Morgan fingerprint density at radius 2 is 1.68 bits per heavy atom. The van der Waals surface area contributed by atoms with E-state index in [9.17, 15) is 9.18 Å². The lowest BCUT2D eigenvalue weighted by Gasteiger charge is -2.27.